The summed E-state index contributed by atoms with van der Waals surface area (Å²) in [5, 5.41) is 10.6. The molecule has 136 valence electrons. The van der Waals surface area contributed by atoms with E-state index in [0.29, 0.717) is 18.3 Å². The molecule has 0 radical (unpaired) electrons. The molecular formula is C17H24ClN5O2. The van der Waals surface area contributed by atoms with E-state index in [1.165, 1.54) is 0 Å². The molecule has 2 heterocycles. The van der Waals surface area contributed by atoms with Crippen molar-refractivity contribution in [2.24, 2.45) is 7.05 Å². The van der Waals surface area contributed by atoms with Gasteiger partial charge in [0.1, 0.15) is 5.75 Å². The van der Waals surface area contributed by atoms with E-state index in [2.05, 4.69) is 20.7 Å². The van der Waals surface area contributed by atoms with Gasteiger partial charge in [0.05, 0.1) is 13.5 Å². The number of aryl methyl sites for hydroxylation is 1. The summed E-state index contributed by atoms with van der Waals surface area (Å²) in [4.78, 5) is 16.8. The number of ether oxygens (including phenoxy) is 1. The van der Waals surface area contributed by atoms with Gasteiger partial charge in [-0.3, -0.25) is 10.1 Å². The van der Waals surface area contributed by atoms with Crippen molar-refractivity contribution in [2.75, 3.05) is 25.5 Å². The summed E-state index contributed by atoms with van der Waals surface area (Å²) in [6.07, 6.45) is 2.35. The van der Waals surface area contributed by atoms with Crippen LogP contribution in [0.3, 0.4) is 0 Å². The predicted octanol–water partition coefficient (Wildman–Crippen LogP) is 1.89. The number of halogens is 1. The first-order valence-electron chi connectivity index (χ1n) is 8.20. The fourth-order valence-electron chi connectivity index (χ4n) is 2.86. The second-order valence-corrected chi connectivity index (χ2v) is 6.01. The van der Waals surface area contributed by atoms with Gasteiger partial charge in [-0.2, -0.15) is 10.1 Å². The molecule has 0 saturated carbocycles. The Kier molecular flexibility index (Phi) is 6.78. The van der Waals surface area contributed by atoms with Crippen LogP contribution in [0.4, 0.5) is 5.95 Å². The molecule has 1 aromatic heterocycles. The molecule has 1 amide bonds. The first-order valence-corrected chi connectivity index (χ1v) is 8.20. The average Bonchev–Trinajstić information content (AvgIpc) is 2.97. The molecule has 0 bridgehead atoms. The van der Waals surface area contributed by atoms with E-state index in [4.69, 9.17) is 4.74 Å². The fraction of sp³-hybridized carbons (Fsp3) is 0.471. The van der Waals surface area contributed by atoms with Crippen molar-refractivity contribution < 1.29 is 9.53 Å². The Balaban J connectivity index is 0.00000225. The number of benzene rings is 1. The summed E-state index contributed by atoms with van der Waals surface area (Å²) in [5.41, 5.74) is 0.925. The van der Waals surface area contributed by atoms with Crippen LogP contribution in [0.15, 0.2) is 24.3 Å². The summed E-state index contributed by atoms with van der Waals surface area (Å²) in [6.45, 7) is 1.98. The molecule has 1 aliphatic rings. The lowest BCUT2D eigenvalue weighted by Gasteiger charge is -2.19. The largest absolute Gasteiger partial charge is 0.497 e. The Morgan fingerprint density at radius 3 is 2.64 bits per heavy atom. The maximum absolute atomic E-state index is 12.2. The minimum Gasteiger partial charge on any atom is -0.497 e. The lowest BCUT2D eigenvalue weighted by Crippen LogP contribution is -2.27. The van der Waals surface area contributed by atoms with Gasteiger partial charge < -0.3 is 10.1 Å². The molecule has 1 aromatic carbocycles. The van der Waals surface area contributed by atoms with Crippen molar-refractivity contribution in [3.8, 4) is 5.75 Å². The van der Waals surface area contributed by atoms with Crippen molar-refractivity contribution in [1.29, 1.82) is 0 Å². The van der Waals surface area contributed by atoms with Crippen LogP contribution in [0.2, 0.25) is 0 Å². The molecule has 0 atom stereocenters. The Labute approximate surface area is 153 Å². The van der Waals surface area contributed by atoms with Gasteiger partial charge in [-0.1, -0.05) is 12.1 Å². The number of methoxy groups -OCH3 is 1. The molecule has 2 N–H and O–H groups in total. The first kappa shape index (κ1) is 19.2. The zero-order valence-corrected chi connectivity index (χ0v) is 15.3. The van der Waals surface area contributed by atoms with E-state index >= 15 is 0 Å². The Hall–Kier alpha value is -2.12. The van der Waals surface area contributed by atoms with Gasteiger partial charge in [-0.05, 0) is 43.6 Å². The average molecular weight is 366 g/mol. The Bertz CT molecular complexity index is 696. The molecular weight excluding hydrogens is 342 g/mol. The van der Waals surface area contributed by atoms with Gasteiger partial charge in [0.15, 0.2) is 5.82 Å². The second kappa shape index (κ2) is 8.82. The molecule has 2 aromatic rings. The zero-order chi connectivity index (χ0) is 16.9. The topological polar surface area (TPSA) is 81.1 Å². The van der Waals surface area contributed by atoms with Crippen molar-refractivity contribution >= 4 is 24.3 Å². The minimum absolute atomic E-state index is 0. The quantitative estimate of drug-likeness (QED) is 0.845. The van der Waals surface area contributed by atoms with Crippen LogP contribution in [0.5, 0.6) is 5.75 Å². The van der Waals surface area contributed by atoms with Crippen LogP contribution >= 0.6 is 12.4 Å². The molecule has 0 aliphatic carbocycles. The van der Waals surface area contributed by atoms with Crippen LogP contribution in [0, 0.1) is 0 Å². The summed E-state index contributed by atoms with van der Waals surface area (Å²) in [6, 6.07) is 7.46. The maximum Gasteiger partial charge on any atom is 0.231 e. The summed E-state index contributed by atoms with van der Waals surface area (Å²) >= 11 is 0. The number of piperidine rings is 1. The number of nitrogens with zero attached hydrogens (tertiary/aromatic N) is 3. The van der Waals surface area contributed by atoms with E-state index in [-0.39, 0.29) is 18.3 Å². The highest BCUT2D eigenvalue weighted by atomic mass is 35.5. The number of hydrogen-bond acceptors (Lipinski definition) is 5. The highest BCUT2D eigenvalue weighted by Gasteiger charge is 2.21. The first-order chi connectivity index (χ1) is 11.7. The van der Waals surface area contributed by atoms with Crippen LogP contribution in [-0.2, 0) is 18.3 Å². The molecule has 7 nitrogen and oxygen atoms in total. The Morgan fingerprint density at radius 2 is 2.00 bits per heavy atom. The minimum atomic E-state index is -0.104. The van der Waals surface area contributed by atoms with E-state index in [0.717, 1.165) is 43.1 Å². The van der Waals surface area contributed by atoms with Crippen molar-refractivity contribution in [1.82, 2.24) is 20.1 Å². The zero-order valence-electron chi connectivity index (χ0n) is 14.5. The normalized spacial score (nSPS) is 14.6. The number of hydrogen-bond donors (Lipinski definition) is 2. The Morgan fingerprint density at radius 1 is 1.32 bits per heavy atom. The number of carbonyl (C=O) groups is 1. The number of carbonyl (C=O) groups excluding carboxylic acids is 1. The molecule has 1 aliphatic heterocycles. The monoisotopic (exact) mass is 365 g/mol. The lowest BCUT2D eigenvalue weighted by molar-refractivity contribution is -0.115. The molecule has 1 saturated heterocycles. The maximum atomic E-state index is 12.2. The molecule has 3 rings (SSSR count). The smallest absolute Gasteiger partial charge is 0.231 e. The fourth-order valence-corrected chi connectivity index (χ4v) is 2.86. The number of anilines is 1. The van der Waals surface area contributed by atoms with Gasteiger partial charge in [0.25, 0.3) is 0 Å². The van der Waals surface area contributed by atoms with Gasteiger partial charge in [-0.25, -0.2) is 4.68 Å². The third-order valence-corrected chi connectivity index (χ3v) is 4.26. The third-order valence-electron chi connectivity index (χ3n) is 4.26. The van der Waals surface area contributed by atoms with Crippen LogP contribution in [-0.4, -0.2) is 40.9 Å². The van der Waals surface area contributed by atoms with Crippen LogP contribution in [0.1, 0.15) is 30.1 Å². The number of aromatic nitrogens is 3. The summed E-state index contributed by atoms with van der Waals surface area (Å²) in [5.74, 6) is 2.36. The number of nitrogens with one attached hydrogen (secondary N) is 2. The van der Waals surface area contributed by atoms with Crippen molar-refractivity contribution in [3.63, 3.8) is 0 Å². The van der Waals surface area contributed by atoms with Gasteiger partial charge in [0.2, 0.25) is 11.9 Å². The molecule has 25 heavy (non-hydrogen) atoms. The predicted molar refractivity (Wildman–Crippen MR) is 98.4 cm³/mol. The SMILES string of the molecule is COc1ccc(CC(=O)Nc2nc(C3CCNCC3)nn2C)cc1.Cl. The lowest BCUT2D eigenvalue weighted by atomic mass is 9.98. The highest BCUT2D eigenvalue weighted by molar-refractivity contribution is 5.90. The highest BCUT2D eigenvalue weighted by Crippen LogP contribution is 2.23. The second-order valence-electron chi connectivity index (χ2n) is 6.01. The molecule has 0 unspecified atom stereocenters. The van der Waals surface area contributed by atoms with Gasteiger partial charge >= 0.3 is 0 Å². The van der Waals surface area contributed by atoms with Crippen LogP contribution < -0.4 is 15.4 Å². The summed E-state index contributed by atoms with van der Waals surface area (Å²) in [7, 11) is 3.43. The van der Waals surface area contributed by atoms with Crippen molar-refractivity contribution in [3.05, 3.63) is 35.7 Å². The molecule has 0 spiro atoms. The van der Waals surface area contributed by atoms with E-state index in [1.54, 1.807) is 18.8 Å². The van der Waals surface area contributed by atoms with E-state index < -0.39 is 0 Å². The number of amides is 1. The molecule has 8 heteroatoms. The summed E-state index contributed by atoms with van der Waals surface area (Å²) < 4.78 is 6.76. The molecule has 1 fully saturated rings. The van der Waals surface area contributed by atoms with E-state index in [1.807, 2.05) is 24.3 Å². The standard InChI is InChI=1S/C17H23N5O2.ClH/c1-22-17(20-16(21-22)13-7-9-18-10-8-13)19-15(23)11-12-3-5-14(24-2)6-4-12;/h3-6,13,18H,7-11H2,1-2H3,(H,19,20,21,23);1H. The third kappa shape index (κ3) is 4.93. The van der Waals surface area contributed by atoms with Crippen LogP contribution in [0.25, 0.3) is 0 Å². The number of rotatable bonds is 5. The van der Waals surface area contributed by atoms with Gasteiger partial charge in [0, 0.05) is 13.0 Å². The van der Waals surface area contributed by atoms with E-state index in [9.17, 15) is 4.79 Å². The van der Waals surface area contributed by atoms with Gasteiger partial charge in [-0.15, -0.1) is 12.4 Å². The van der Waals surface area contributed by atoms with Crippen molar-refractivity contribution in [2.45, 2.75) is 25.2 Å².